The van der Waals surface area contributed by atoms with Gasteiger partial charge >= 0.3 is 0 Å². The molecule has 2 aromatic rings. The first-order valence-electron chi connectivity index (χ1n) is 12.1. The van der Waals surface area contributed by atoms with E-state index in [0.29, 0.717) is 44.6 Å². The van der Waals surface area contributed by atoms with Gasteiger partial charge in [0, 0.05) is 48.6 Å². The molecule has 6 nitrogen and oxygen atoms in total. The average molecular weight is 581 g/mol. The Labute approximate surface area is 225 Å². The topological polar surface area (TPSA) is 71.8 Å². The van der Waals surface area contributed by atoms with Gasteiger partial charge in [-0.25, -0.2) is 8.78 Å². The molecule has 1 saturated heterocycles. The second-order valence-electron chi connectivity index (χ2n) is 9.28. The Kier molecular flexibility index (Phi) is 11.3. The molecule has 3 rings (SSSR count). The van der Waals surface area contributed by atoms with Crippen LogP contribution in [0.15, 0.2) is 57.8 Å². The van der Waals surface area contributed by atoms with Crippen LogP contribution >= 0.6 is 15.9 Å². The average Bonchev–Trinajstić information content (AvgIpc) is 2.85. The van der Waals surface area contributed by atoms with Gasteiger partial charge < -0.3 is 19.3 Å². The summed E-state index contributed by atoms with van der Waals surface area (Å²) < 4.78 is 33.9. The SMILES string of the molecule is C/C=C(\C)C(=O)N1CCC(C)(O)CC1.C=CCCn1c(C)cc(OCc2ccc(F)cc2F)c(Br)c1=O. The highest BCUT2D eigenvalue weighted by molar-refractivity contribution is 9.10. The van der Waals surface area contributed by atoms with E-state index in [0.717, 1.165) is 23.4 Å². The number of halogens is 3. The van der Waals surface area contributed by atoms with Crippen LogP contribution in [-0.4, -0.2) is 39.2 Å². The Morgan fingerprint density at radius 3 is 2.49 bits per heavy atom. The molecule has 0 atom stereocenters. The number of carbonyl (C=O) groups excluding carboxylic acids is 1. The van der Waals surface area contributed by atoms with Gasteiger partial charge in [-0.1, -0.05) is 12.2 Å². The van der Waals surface area contributed by atoms with Gasteiger partial charge in [-0.3, -0.25) is 9.59 Å². The van der Waals surface area contributed by atoms with E-state index in [9.17, 15) is 23.5 Å². The maximum absolute atomic E-state index is 13.6. The van der Waals surface area contributed by atoms with E-state index >= 15 is 0 Å². The number of benzene rings is 1. The van der Waals surface area contributed by atoms with Gasteiger partial charge in [-0.05, 0) is 75.0 Å². The standard InChI is InChI=1S/C17H16BrF2NO2.C11H19NO2/c1-3-4-7-21-11(2)8-15(16(18)17(21)22)23-10-12-5-6-13(19)9-14(12)20;1-4-9(2)10(13)12-7-5-11(3,14)6-8-12/h3,5-6,8-9H,1,4,7,10H2,2H3;4,14H,5-8H2,1-3H3/b;9-4+. The third kappa shape index (κ3) is 8.64. The van der Waals surface area contributed by atoms with Crippen molar-refractivity contribution in [3.8, 4) is 5.75 Å². The van der Waals surface area contributed by atoms with Crippen LogP contribution in [0, 0.1) is 18.6 Å². The summed E-state index contributed by atoms with van der Waals surface area (Å²) in [6.07, 6.45) is 5.59. The number of aromatic nitrogens is 1. The van der Waals surface area contributed by atoms with Gasteiger partial charge in [0.2, 0.25) is 5.91 Å². The lowest BCUT2D eigenvalue weighted by molar-refractivity contribution is -0.130. The minimum atomic E-state index is -0.683. The van der Waals surface area contributed by atoms with Crippen molar-refractivity contribution in [2.24, 2.45) is 0 Å². The van der Waals surface area contributed by atoms with Crippen molar-refractivity contribution in [3.05, 3.63) is 86.3 Å². The summed E-state index contributed by atoms with van der Waals surface area (Å²) in [5.74, 6) is -0.903. The number of ether oxygens (including phenoxy) is 1. The molecular weight excluding hydrogens is 546 g/mol. The molecule has 1 aromatic carbocycles. The van der Waals surface area contributed by atoms with E-state index in [4.69, 9.17) is 4.74 Å². The minimum absolute atomic E-state index is 0.0970. The number of aliphatic hydroxyl groups is 1. The van der Waals surface area contributed by atoms with E-state index in [1.165, 1.54) is 6.07 Å². The molecule has 37 heavy (non-hydrogen) atoms. The first-order chi connectivity index (χ1) is 17.4. The fourth-order valence-electron chi connectivity index (χ4n) is 3.68. The predicted molar refractivity (Wildman–Crippen MR) is 145 cm³/mol. The number of nitrogens with zero attached hydrogens (tertiary/aromatic N) is 2. The van der Waals surface area contributed by atoms with Crippen LogP contribution in [0.2, 0.25) is 0 Å². The highest BCUT2D eigenvalue weighted by atomic mass is 79.9. The molecule has 202 valence electrons. The van der Waals surface area contributed by atoms with Crippen LogP contribution in [0.1, 0.15) is 51.3 Å². The van der Waals surface area contributed by atoms with Crippen LogP contribution in [0.25, 0.3) is 0 Å². The second kappa shape index (κ2) is 13.7. The first kappa shape index (κ1) is 30.4. The van der Waals surface area contributed by atoms with E-state index in [2.05, 4.69) is 22.5 Å². The molecule has 0 aliphatic carbocycles. The number of amides is 1. The summed E-state index contributed by atoms with van der Waals surface area (Å²) >= 11 is 3.22. The van der Waals surface area contributed by atoms with Gasteiger partial charge in [-0.15, -0.1) is 6.58 Å². The largest absolute Gasteiger partial charge is 0.487 e. The summed E-state index contributed by atoms with van der Waals surface area (Å²) in [6.45, 7) is 12.7. The van der Waals surface area contributed by atoms with Crippen molar-refractivity contribution in [2.75, 3.05) is 13.1 Å². The number of allylic oxidation sites excluding steroid dienone is 2. The third-order valence-electron chi connectivity index (χ3n) is 6.27. The molecule has 1 N–H and O–H groups in total. The summed E-state index contributed by atoms with van der Waals surface area (Å²) in [4.78, 5) is 25.8. The van der Waals surface area contributed by atoms with E-state index in [1.54, 1.807) is 23.6 Å². The zero-order chi connectivity index (χ0) is 27.8. The van der Waals surface area contributed by atoms with Crippen molar-refractivity contribution >= 4 is 21.8 Å². The highest BCUT2D eigenvalue weighted by Gasteiger charge is 2.29. The highest BCUT2D eigenvalue weighted by Crippen LogP contribution is 2.24. The molecule has 1 aliphatic heterocycles. The maximum atomic E-state index is 13.6. The number of rotatable bonds is 7. The Morgan fingerprint density at radius 1 is 1.27 bits per heavy atom. The number of piperidine rings is 1. The van der Waals surface area contributed by atoms with Gasteiger partial charge in [0.1, 0.15) is 28.5 Å². The lowest BCUT2D eigenvalue weighted by atomic mass is 9.93. The molecule has 0 radical (unpaired) electrons. The predicted octanol–water partition coefficient (Wildman–Crippen LogP) is 5.68. The maximum Gasteiger partial charge on any atom is 0.268 e. The molecule has 0 unspecified atom stereocenters. The fourth-order valence-corrected chi connectivity index (χ4v) is 4.12. The van der Waals surface area contributed by atoms with Crippen LogP contribution in [0.5, 0.6) is 5.75 Å². The lowest BCUT2D eigenvalue weighted by Crippen LogP contribution is -2.45. The molecule has 9 heteroatoms. The smallest absolute Gasteiger partial charge is 0.268 e. The molecule has 0 saturated carbocycles. The van der Waals surface area contributed by atoms with E-state index < -0.39 is 17.2 Å². The summed E-state index contributed by atoms with van der Waals surface area (Å²) in [6, 6.07) is 4.98. The Bertz CT molecular complexity index is 1200. The Balaban J connectivity index is 0.000000294. The Hall–Kier alpha value is -2.78. The van der Waals surface area contributed by atoms with Crippen LogP contribution in [0.3, 0.4) is 0 Å². The normalized spacial score (nSPS) is 15.0. The Morgan fingerprint density at radius 2 is 1.92 bits per heavy atom. The molecule has 1 aromatic heterocycles. The molecule has 2 heterocycles. The zero-order valence-electron chi connectivity index (χ0n) is 21.8. The van der Waals surface area contributed by atoms with Crippen LogP contribution < -0.4 is 10.3 Å². The minimum Gasteiger partial charge on any atom is -0.487 e. The van der Waals surface area contributed by atoms with Gasteiger partial charge in [-0.2, -0.15) is 0 Å². The van der Waals surface area contributed by atoms with Crippen LogP contribution in [-0.2, 0) is 17.9 Å². The molecule has 0 bridgehead atoms. The number of pyridine rings is 1. The summed E-state index contributed by atoms with van der Waals surface area (Å²) in [5, 5.41) is 9.72. The molecule has 1 fully saturated rings. The zero-order valence-corrected chi connectivity index (χ0v) is 23.4. The third-order valence-corrected chi connectivity index (χ3v) is 7.00. The molecule has 1 amide bonds. The molecular formula is C28H35BrF2N2O4. The lowest BCUT2D eigenvalue weighted by Gasteiger charge is -2.35. The number of aryl methyl sites for hydroxylation is 1. The van der Waals surface area contributed by atoms with Gasteiger partial charge in [0.05, 0.1) is 5.60 Å². The van der Waals surface area contributed by atoms with Crippen molar-refractivity contribution in [2.45, 2.75) is 65.7 Å². The van der Waals surface area contributed by atoms with Gasteiger partial charge in [0.15, 0.2) is 0 Å². The van der Waals surface area contributed by atoms with Crippen molar-refractivity contribution < 1.29 is 23.4 Å². The number of likely N-dealkylation sites (tertiary alicyclic amines) is 1. The second-order valence-corrected chi connectivity index (χ2v) is 10.1. The molecule has 1 aliphatic rings. The van der Waals surface area contributed by atoms with E-state index in [-0.39, 0.29) is 28.1 Å². The summed E-state index contributed by atoms with van der Waals surface area (Å²) in [7, 11) is 0. The fraction of sp³-hybridized carbons (Fsp3) is 0.429. The number of carbonyl (C=O) groups is 1. The molecule has 0 spiro atoms. The quantitative estimate of drug-likeness (QED) is 0.338. The number of hydrogen-bond acceptors (Lipinski definition) is 4. The number of hydrogen-bond donors (Lipinski definition) is 1. The van der Waals surface area contributed by atoms with E-state index in [1.807, 2.05) is 31.7 Å². The van der Waals surface area contributed by atoms with Crippen molar-refractivity contribution in [1.82, 2.24) is 9.47 Å². The van der Waals surface area contributed by atoms with Crippen LogP contribution in [0.4, 0.5) is 8.78 Å². The monoisotopic (exact) mass is 580 g/mol. The van der Waals surface area contributed by atoms with Crippen molar-refractivity contribution in [1.29, 1.82) is 0 Å². The summed E-state index contributed by atoms with van der Waals surface area (Å²) in [5.41, 5.74) is 0.926. The van der Waals surface area contributed by atoms with Gasteiger partial charge in [0.25, 0.3) is 5.56 Å². The first-order valence-corrected chi connectivity index (χ1v) is 12.9. The van der Waals surface area contributed by atoms with Crippen molar-refractivity contribution in [3.63, 3.8) is 0 Å².